The maximum absolute atomic E-state index is 13.2. The largest absolute Gasteiger partial charge is 0.487 e. The number of thiocarbonyl (C=S) groups is 1. The number of thioether (sulfide) groups is 2. The first-order valence-corrected chi connectivity index (χ1v) is 12.1. The Morgan fingerprint density at radius 1 is 1.17 bits per heavy atom. The van der Waals surface area contributed by atoms with Crippen LogP contribution in [-0.4, -0.2) is 66.9 Å². The number of nitrogens with zero attached hydrogens (tertiary/aromatic N) is 3. The molecule has 1 aromatic rings. The molecule has 3 amide bonds. The first-order valence-electron chi connectivity index (χ1n) is 9.68. The Balaban J connectivity index is 1.96. The molecule has 2 aliphatic heterocycles. The van der Waals surface area contributed by atoms with Crippen molar-refractivity contribution in [1.82, 2.24) is 14.4 Å². The van der Waals surface area contributed by atoms with Crippen LogP contribution in [0.2, 0.25) is 0 Å². The number of ether oxygens (including phenoxy) is 1. The molecule has 3 rings (SSSR count). The smallest absolute Gasteiger partial charge is 0.294 e. The lowest BCUT2D eigenvalue weighted by Gasteiger charge is -2.20. The van der Waals surface area contributed by atoms with Gasteiger partial charge in [-0.2, -0.15) is 0 Å². The second-order valence-electron chi connectivity index (χ2n) is 6.85. The van der Waals surface area contributed by atoms with E-state index in [0.717, 1.165) is 28.8 Å². The van der Waals surface area contributed by atoms with E-state index in [4.69, 9.17) is 17.0 Å². The van der Waals surface area contributed by atoms with Gasteiger partial charge in [0.15, 0.2) is 5.75 Å². The Morgan fingerprint density at radius 2 is 1.87 bits per heavy atom. The Labute approximate surface area is 188 Å². The summed E-state index contributed by atoms with van der Waals surface area (Å²) < 4.78 is 7.49. The number of hydrogen-bond donors (Lipinski definition) is 0. The van der Waals surface area contributed by atoms with Crippen molar-refractivity contribution in [3.05, 3.63) is 27.7 Å². The lowest BCUT2D eigenvalue weighted by atomic mass is 10.1. The molecule has 0 bridgehead atoms. The van der Waals surface area contributed by atoms with E-state index in [-0.39, 0.29) is 35.6 Å². The predicted octanol–water partition coefficient (Wildman–Crippen LogP) is 2.50. The number of carbonyl (C=O) groups is 3. The molecule has 0 atom stereocenters. The Hall–Kier alpha value is -1.85. The van der Waals surface area contributed by atoms with E-state index in [1.165, 1.54) is 27.3 Å². The summed E-state index contributed by atoms with van der Waals surface area (Å²) in [5, 5.41) is -0.337. The van der Waals surface area contributed by atoms with Crippen molar-refractivity contribution in [1.29, 1.82) is 0 Å². The van der Waals surface area contributed by atoms with Gasteiger partial charge in [-0.15, -0.1) is 0 Å². The van der Waals surface area contributed by atoms with E-state index in [2.05, 4.69) is 0 Å². The molecule has 3 heterocycles. The molecule has 0 unspecified atom stereocenters. The fourth-order valence-corrected chi connectivity index (χ4v) is 5.15. The van der Waals surface area contributed by atoms with E-state index < -0.39 is 11.5 Å². The van der Waals surface area contributed by atoms with Gasteiger partial charge in [-0.05, 0) is 19.4 Å². The number of unbranched alkanes of at least 4 members (excludes halogenated alkanes) is 1. The minimum atomic E-state index is -0.556. The quantitative estimate of drug-likeness (QED) is 0.445. The molecule has 2 aliphatic rings. The molecule has 162 valence electrons. The fraction of sp³-hybridized carbons (Fsp3) is 0.526. The molecule has 0 radical (unpaired) electrons. The highest BCUT2D eigenvalue weighted by Crippen LogP contribution is 2.25. The number of imide groups is 1. The Morgan fingerprint density at radius 3 is 2.47 bits per heavy atom. The van der Waals surface area contributed by atoms with Crippen LogP contribution in [0.4, 0.5) is 4.79 Å². The van der Waals surface area contributed by atoms with Gasteiger partial charge in [-0.25, -0.2) is 0 Å². The summed E-state index contributed by atoms with van der Waals surface area (Å²) >= 11 is 7.69. The first-order chi connectivity index (χ1) is 14.3. The molecule has 8 nitrogen and oxygen atoms in total. The number of aromatic nitrogens is 1. The van der Waals surface area contributed by atoms with Crippen molar-refractivity contribution >= 4 is 57.1 Å². The lowest BCUT2D eigenvalue weighted by molar-refractivity contribution is -0.127. The average Bonchev–Trinajstić information content (AvgIpc) is 3.34. The highest BCUT2D eigenvalue weighted by molar-refractivity contribution is 8.23. The van der Waals surface area contributed by atoms with Crippen LogP contribution in [0.1, 0.15) is 35.8 Å². The molecule has 0 aromatic carbocycles. The van der Waals surface area contributed by atoms with Gasteiger partial charge in [0.1, 0.15) is 10.9 Å². The van der Waals surface area contributed by atoms with E-state index in [0.29, 0.717) is 35.3 Å². The van der Waals surface area contributed by atoms with Crippen molar-refractivity contribution in [2.45, 2.75) is 33.2 Å². The van der Waals surface area contributed by atoms with E-state index in [9.17, 15) is 19.2 Å². The molecule has 1 aromatic heterocycles. The second-order valence-corrected chi connectivity index (χ2v) is 9.63. The number of carbonyl (C=O) groups excluding carboxylic acids is 3. The van der Waals surface area contributed by atoms with E-state index >= 15 is 0 Å². The minimum absolute atomic E-state index is 0.0559. The Kier molecular flexibility index (Phi) is 7.59. The summed E-state index contributed by atoms with van der Waals surface area (Å²) in [6, 6.07) is 1.52. The SMILES string of the molecule is CCCCOc1c(C(=O)N2CCSC2=O)cc(C)n(CC(=O)N2CCSC2=S)c1=O. The second kappa shape index (κ2) is 9.97. The summed E-state index contributed by atoms with van der Waals surface area (Å²) in [4.78, 5) is 53.5. The van der Waals surface area contributed by atoms with E-state index in [1.807, 2.05) is 6.92 Å². The van der Waals surface area contributed by atoms with Gasteiger partial charge in [0.25, 0.3) is 16.7 Å². The van der Waals surface area contributed by atoms with Crippen molar-refractivity contribution in [3.8, 4) is 5.75 Å². The van der Waals surface area contributed by atoms with Gasteiger partial charge in [0.05, 0.1) is 12.2 Å². The molecule has 0 N–H and O–H groups in total. The molecule has 2 saturated heterocycles. The maximum atomic E-state index is 13.2. The van der Waals surface area contributed by atoms with Crippen LogP contribution in [0, 0.1) is 6.92 Å². The summed E-state index contributed by atoms with van der Waals surface area (Å²) in [5.74, 6) is 0.316. The standard InChI is InChI=1S/C19H23N3O5S3/c1-3-4-7-27-15-13(16(24)21-6-8-29-18(21)26)10-12(2)22(17(15)25)11-14(23)20-5-9-30-19(20)28/h10H,3-9,11H2,1-2H3. The van der Waals surface area contributed by atoms with Gasteiger partial charge in [-0.3, -0.25) is 29.0 Å². The number of pyridine rings is 1. The topological polar surface area (TPSA) is 88.9 Å². The third-order valence-electron chi connectivity index (χ3n) is 4.80. The van der Waals surface area contributed by atoms with Gasteiger partial charge in [0.2, 0.25) is 5.91 Å². The van der Waals surface area contributed by atoms with Crippen LogP contribution in [-0.2, 0) is 11.3 Å². The summed E-state index contributed by atoms with van der Waals surface area (Å²) in [6.07, 6.45) is 1.56. The van der Waals surface area contributed by atoms with Gasteiger partial charge in [0, 0.05) is 30.3 Å². The minimum Gasteiger partial charge on any atom is -0.487 e. The van der Waals surface area contributed by atoms with Crippen LogP contribution in [0.15, 0.2) is 10.9 Å². The lowest BCUT2D eigenvalue weighted by Crippen LogP contribution is -2.38. The van der Waals surface area contributed by atoms with E-state index in [1.54, 1.807) is 6.92 Å². The van der Waals surface area contributed by atoms with Crippen LogP contribution < -0.4 is 10.3 Å². The first kappa shape index (κ1) is 22.8. The number of hydrogen-bond acceptors (Lipinski definition) is 8. The van der Waals surface area contributed by atoms with Gasteiger partial charge < -0.3 is 9.30 Å². The molecule has 0 saturated carbocycles. The molecular weight excluding hydrogens is 446 g/mol. The number of aryl methyl sites for hydroxylation is 1. The van der Waals surface area contributed by atoms with Crippen LogP contribution in [0.3, 0.4) is 0 Å². The average molecular weight is 470 g/mol. The zero-order valence-electron chi connectivity index (χ0n) is 16.8. The predicted molar refractivity (Wildman–Crippen MR) is 122 cm³/mol. The summed E-state index contributed by atoms with van der Waals surface area (Å²) in [7, 11) is 0. The third-order valence-corrected chi connectivity index (χ3v) is 7.08. The van der Waals surface area contributed by atoms with Crippen molar-refractivity contribution < 1.29 is 19.1 Å². The summed E-state index contributed by atoms with van der Waals surface area (Å²) in [6.45, 7) is 4.52. The zero-order chi connectivity index (χ0) is 21.8. The third kappa shape index (κ3) is 4.73. The monoisotopic (exact) mass is 469 g/mol. The molecule has 0 spiro atoms. The molecule has 2 fully saturated rings. The van der Waals surface area contributed by atoms with Crippen LogP contribution in [0.25, 0.3) is 0 Å². The zero-order valence-corrected chi connectivity index (χ0v) is 19.3. The van der Waals surface area contributed by atoms with Crippen molar-refractivity contribution in [2.75, 3.05) is 31.2 Å². The molecule has 11 heteroatoms. The molecular formula is C19H23N3O5S3. The molecule has 0 aliphatic carbocycles. The number of amides is 3. The highest BCUT2D eigenvalue weighted by atomic mass is 32.2. The van der Waals surface area contributed by atoms with Crippen molar-refractivity contribution in [2.24, 2.45) is 0 Å². The Bertz CT molecular complexity index is 946. The number of rotatable bonds is 7. The van der Waals surface area contributed by atoms with Gasteiger partial charge >= 0.3 is 0 Å². The van der Waals surface area contributed by atoms with Crippen LogP contribution in [0.5, 0.6) is 5.75 Å². The van der Waals surface area contributed by atoms with Gasteiger partial charge in [-0.1, -0.05) is 49.1 Å². The van der Waals surface area contributed by atoms with Crippen molar-refractivity contribution in [3.63, 3.8) is 0 Å². The normalized spacial score (nSPS) is 16.5. The van der Waals surface area contributed by atoms with Crippen LogP contribution >= 0.6 is 35.7 Å². The fourth-order valence-electron chi connectivity index (χ4n) is 3.13. The molecule has 30 heavy (non-hydrogen) atoms. The maximum Gasteiger partial charge on any atom is 0.294 e. The summed E-state index contributed by atoms with van der Waals surface area (Å²) in [5.41, 5.74) is -0.0584. The highest BCUT2D eigenvalue weighted by Gasteiger charge is 2.32.